The van der Waals surface area contributed by atoms with Crippen LogP contribution in [-0.4, -0.2) is 79.3 Å². The minimum Gasteiger partial charge on any atom is -0.475 e. The van der Waals surface area contributed by atoms with Crippen LogP contribution in [0, 0.1) is 12.8 Å². The van der Waals surface area contributed by atoms with Crippen LogP contribution >= 0.6 is 11.3 Å². The first-order valence-electron chi connectivity index (χ1n) is 8.35. The van der Waals surface area contributed by atoms with Crippen molar-refractivity contribution in [2.75, 3.05) is 40.0 Å². The Kier molecular flexibility index (Phi) is 7.98. The molecule has 0 saturated carbocycles. The lowest BCUT2D eigenvalue weighted by Gasteiger charge is -2.21. The first-order valence-corrected chi connectivity index (χ1v) is 9.23. The third kappa shape index (κ3) is 6.39. The summed E-state index contributed by atoms with van der Waals surface area (Å²) >= 11 is 1.68. The molecule has 2 fully saturated rings. The predicted molar refractivity (Wildman–Crippen MR) is 90.7 cm³/mol. The van der Waals surface area contributed by atoms with E-state index in [2.05, 4.69) is 15.3 Å². The largest absolute Gasteiger partial charge is 0.490 e. The Morgan fingerprint density at radius 1 is 1.48 bits per heavy atom. The molecule has 1 aromatic rings. The third-order valence-corrected chi connectivity index (χ3v) is 5.21. The zero-order valence-corrected chi connectivity index (χ0v) is 15.9. The van der Waals surface area contributed by atoms with Gasteiger partial charge in [-0.25, -0.2) is 9.78 Å². The van der Waals surface area contributed by atoms with Crippen LogP contribution in [0.15, 0.2) is 5.38 Å². The van der Waals surface area contributed by atoms with Crippen molar-refractivity contribution in [1.82, 2.24) is 9.88 Å². The maximum absolute atomic E-state index is 10.6. The maximum Gasteiger partial charge on any atom is 0.490 e. The minimum absolute atomic E-state index is 0.251. The van der Waals surface area contributed by atoms with Crippen LogP contribution < -0.4 is 0 Å². The van der Waals surface area contributed by atoms with Gasteiger partial charge < -0.3 is 19.3 Å². The molecule has 1 aromatic heterocycles. The smallest absolute Gasteiger partial charge is 0.475 e. The van der Waals surface area contributed by atoms with E-state index in [-0.39, 0.29) is 6.10 Å². The zero-order valence-electron chi connectivity index (χ0n) is 15.1. The molecule has 0 unspecified atom stereocenters. The molecule has 0 aromatic carbocycles. The van der Waals surface area contributed by atoms with Crippen LogP contribution in [0.25, 0.3) is 0 Å². The molecule has 2 saturated heterocycles. The fourth-order valence-electron chi connectivity index (χ4n) is 3.10. The van der Waals surface area contributed by atoms with Gasteiger partial charge in [-0.1, -0.05) is 0 Å². The third-order valence-electron chi connectivity index (χ3n) is 4.39. The second-order valence-electron chi connectivity index (χ2n) is 6.27. The van der Waals surface area contributed by atoms with Crippen molar-refractivity contribution in [3.8, 4) is 0 Å². The Balaban J connectivity index is 0.000000321. The number of halogens is 3. The summed E-state index contributed by atoms with van der Waals surface area (Å²) in [6.07, 6.45) is -4.83. The number of rotatable bonds is 6. The van der Waals surface area contributed by atoms with Gasteiger partial charge in [0, 0.05) is 37.5 Å². The molecule has 3 rings (SSSR count). The number of thiazole rings is 1. The number of carboxylic acids is 1. The zero-order chi connectivity index (χ0) is 20.0. The van der Waals surface area contributed by atoms with Gasteiger partial charge in [0.25, 0.3) is 0 Å². The molecule has 3 atom stereocenters. The highest BCUT2D eigenvalue weighted by molar-refractivity contribution is 7.09. The number of carbonyl (C=O) groups is 1. The highest BCUT2D eigenvalue weighted by Crippen LogP contribution is 2.32. The standard InChI is InChI=1S/C14H22N2O3S.C2HF3O2/c1-10-15-11(9-20-10)6-19-14-5-16(3-4-17-2)13-8-18-7-12(13)14;3-2(4,5)1(6)7/h9,12-14H,3-8H2,1-2H3;(H,6,7)/t12-,13+,14-;/m0./s1. The number of likely N-dealkylation sites (tertiary alicyclic amines) is 1. The molecule has 7 nitrogen and oxygen atoms in total. The van der Waals surface area contributed by atoms with Gasteiger partial charge in [-0.05, 0) is 6.92 Å². The number of hydrogen-bond acceptors (Lipinski definition) is 7. The van der Waals surface area contributed by atoms with E-state index in [1.807, 2.05) is 6.92 Å². The molecule has 0 amide bonds. The molecule has 154 valence electrons. The number of alkyl halides is 3. The Morgan fingerprint density at radius 3 is 2.74 bits per heavy atom. The quantitative estimate of drug-likeness (QED) is 0.765. The Bertz CT molecular complexity index is 613. The van der Waals surface area contributed by atoms with Gasteiger partial charge >= 0.3 is 12.1 Å². The number of ether oxygens (including phenoxy) is 3. The van der Waals surface area contributed by atoms with Crippen molar-refractivity contribution >= 4 is 17.3 Å². The van der Waals surface area contributed by atoms with Crippen LogP contribution in [0.2, 0.25) is 0 Å². The fraction of sp³-hybridized carbons (Fsp3) is 0.750. The molecule has 0 aliphatic carbocycles. The number of fused-ring (bicyclic) bond motifs is 1. The molecule has 2 aliphatic heterocycles. The first-order chi connectivity index (χ1) is 12.7. The van der Waals surface area contributed by atoms with Gasteiger partial charge in [-0.15, -0.1) is 11.3 Å². The first kappa shape index (κ1) is 22.0. The molecule has 27 heavy (non-hydrogen) atoms. The van der Waals surface area contributed by atoms with Gasteiger partial charge in [0.2, 0.25) is 0 Å². The summed E-state index contributed by atoms with van der Waals surface area (Å²) < 4.78 is 48.7. The maximum atomic E-state index is 10.6. The number of hydrogen-bond donors (Lipinski definition) is 1. The van der Waals surface area contributed by atoms with Crippen molar-refractivity contribution in [2.24, 2.45) is 5.92 Å². The highest BCUT2D eigenvalue weighted by atomic mass is 32.1. The Labute approximate surface area is 159 Å². The lowest BCUT2D eigenvalue weighted by molar-refractivity contribution is -0.192. The lowest BCUT2D eigenvalue weighted by Crippen LogP contribution is -2.35. The van der Waals surface area contributed by atoms with Crippen molar-refractivity contribution in [3.05, 3.63) is 16.1 Å². The summed E-state index contributed by atoms with van der Waals surface area (Å²) in [4.78, 5) is 15.8. The summed E-state index contributed by atoms with van der Waals surface area (Å²) in [6.45, 7) is 6.97. The van der Waals surface area contributed by atoms with Gasteiger partial charge in [-0.3, -0.25) is 4.90 Å². The Hall–Kier alpha value is -1.27. The van der Waals surface area contributed by atoms with E-state index < -0.39 is 12.1 Å². The highest BCUT2D eigenvalue weighted by Gasteiger charge is 2.45. The molecule has 0 radical (unpaired) electrons. The summed E-state index contributed by atoms with van der Waals surface area (Å²) in [5.74, 6) is -2.26. The summed E-state index contributed by atoms with van der Waals surface area (Å²) in [7, 11) is 1.75. The van der Waals surface area contributed by atoms with Crippen LogP contribution in [-0.2, 0) is 25.6 Å². The van der Waals surface area contributed by atoms with Crippen molar-refractivity contribution < 1.29 is 37.3 Å². The van der Waals surface area contributed by atoms with Crippen molar-refractivity contribution in [1.29, 1.82) is 0 Å². The summed E-state index contributed by atoms with van der Waals surface area (Å²) in [5.41, 5.74) is 1.04. The predicted octanol–water partition coefficient (Wildman–Crippen LogP) is 1.95. The van der Waals surface area contributed by atoms with Gasteiger partial charge in [0.15, 0.2) is 0 Å². The van der Waals surface area contributed by atoms with E-state index >= 15 is 0 Å². The van der Waals surface area contributed by atoms with E-state index in [0.717, 1.165) is 43.6 Å². The molecule has 0 spiro atoms. The van der Waals surface area contributed by atoms with E-state index in [4.69, 9.17) is 24.1 Å². The average Bonchev–Trinajstić information content (AvgIpc) is 3.28. The molecule has 2 aliphatic rings. The van der Waals surface area contributed by atoms with Crippen LogP contribution in [0.3, 0.4) is 0 Å². The number of aromatic nitrogens is 1. The second kappa shape index (κ2) is 9.78. The molecular formula is C16H23F3N2O5S. The van der Waals surface area contributed by atoms with E-state index in [0.29, 0.717) is 18.6 Å². The molecule has 1 N–H and O–H groups in total. The molecular weight excluding hydrogens is 389 g/mol. The average molecular weight is 412 g/mol. The monoisotopic (exact) mass is 412 g/mol. The number of nitrogens with zero attached hydrogens (tertiary/aromatic N) is 2. The van der Waals surface area contributed by atoms with Gasteiger partial charge in [-0.2, -0.15) is 13.2 Å². The summed E-state index contributed by atoms with van der Waals surface area (Å²) in [6, 6.07) is 0.493. The Morgan fingerprint density at radius 2 is 2.19 bits per heavy atom. The van der Waals surface area contributed by atoms with Crippen LogP contribution in [0.5, 0.6) is 0 Å². The number of carboxylic acid groups (broad SMARTS) is 1. The van der Waals surface area contributed by atoms with Crippen LogP contribution in [0.1, 0.15) is 10.7 Å². The SMILES string of the molecule is COCCN1C[C@H](OCc2csc(C)n2)[C@H]2COC[C@H]21.O=C(O)C(F)(F)F. The van der Waals surface area contributed by atoms with E-state index in [1.165, 1.54) is 0 Å². The van der Waals surface area contributed by atoms with E-state index in [9.17, 15) is 13.2 Å². The second-order valence-corrected chi connectivity index (χ2v) is 7.33. The van der Waals surface area contributed by atoms with Gasteiger partial charge in [0.05, 0.1) is 43.2 Å². The number of methoxy groups -OCH3 is 1. The number of aryl methyl sites for hydroxylation is 1. The normalized spacial score (nSPS) is 25.1. The van der Waals surface area contributed by atoms with Crippen molar-refractivity contribution in [2.45, 2.75) is 31.9 Å². The molecule has 11 heteroatoms. The van der Waals surface area contributed by atoms with Crippen LogP contribution in [0.4, 0.5) is 13.2 Å². The minimum atomic E-state index is -5.08. The topological polar surface area (TPSA) is 81.1 Å². The van der Waals surface area contributed by atoms with E-state index in [1.54, 1.807) is 18.4 Å². The summed E-state index contributed by atoms with van der Waals surface area (Å²) in [5, 5.41) is 10.3. The van der Waals surface area contributed by atoms with Gasteiger partial charge in [0.1, 0.15) is 0 Å². The number of aliphatic carboxylic acids is 1. The van der Waals surface area contributed by atoms with Crippen molar-refractivity contribution in [3.63, 3.8) is 0 Å². The lowest BCUT2D eigenvalue weighted by atomic mass is 10.0. The molecule has 0 bridgehead atoms. The fourth-order valence-corrected chi connectivity index (χ4v) is 3.70. The molecule has 3 heterocycles.